The number of amides is 1. The van der Waals surface area contributed by atoms with Crippen LogP contribution in [-0.4, -0.2) is 26.5 Å². The Bertz CT molecular complexity index is 1060. The summed E-state index contributed by atoms with van der Waals surface area (Å²) in [4.78, 5) is 22.6. The fourth-order valence-corrected chi connectivity index (χ4v) is 3.80. The van der Waals surface area contributed by atoms with Gasteiger partial charge in [-0.15, -0.1) is 0 Å². The average Bonchev–Trinajstić information content (AvgIpc) is 3.35. The molecule has 1 amide bonds. The van der Waals surface area contributed by atoms with Crippen molar-refractivity contribution < 1.29 is 9.21 Å². The van der Waals surface area contributed by atoms with Crippen LogP contribution in [-0.2, 0) is 17.9 Å². The van der Waals surface area contributed by atoms with Crippen molar-refractivity contribution in [3.05, 3.63) is 83.8 Å². The number of aryl methyl sites for hydroxylation is 1. The minimum atomic E-state index is 0.0434. The second-order valence-electron chi connectivity index (χ2n) is 6.67. The number of fused-ring (bicyclic) bond motifs is 1. The molecule has 2 heterocycles. The van der Waals surface area contributed by atoms with E-state index in [4.69, 9.17) is 4.42 Å². The molecule has 4 aromatic rings. The molecule has 28 heavy (non-hydrogen) atoms. The molecule has 0 aliphatic rings. The SMILES string of the molecule is Cc1ccc2nc(SCC(=O)N(Cc3ccccc3)Cc3ccco3)[nH]c2c1. The molecule has 0 aliphatic heterocycles. The van der Waals surface area contributed by atoms with Crippen molar-refractivity contribution >= 4 is 28.7 Å². The number of nitrogens with one attached hydrogen (secondary N) is 1. The Morgan fingerprint density at radius 3 is 2.75 bits per heavy atom. The summed E-state index contributed by atoms with van der Waals surface area (Å²) in [5.41, 5.74) is 4.17. The van der Waals surface area contributed by atoms with Crippen LogP contribution in [0.2, 0.25) is 0 Å². The molecule has 4 rings (SSSR count). The van der Waals surface area contributed by atoms with E-state index in [-0.39, 0.29) is 5.91 Å². The highest BCUT2D eigenvalue weighted by molar-refractivity contribution is 7.99. The monoisotopic (exact) mass is 391 g/mol. The number of benzene rings is 2. The van der Waals surface area contributed by atoms with Gasteiger partial charge in [-0.05, 0) is 42.3 Å². The Labute approximate surface area is 167 Å². The molecule has 0 unspecified atom stereocenters. The van der Waals surface area contributed by atoms with Gasteiger partial charge in [-0.1, -0.05) is 48.2 Å². The molecule has 2 aromatic carbocycles. The Morgan fingerprint density at radius 2 is 1.96 bits per heavy atom. The first-order valence-corrected chi connectivity index (χ1v) is 10.1. The quantitative estimate of drug-likeness (QED) is 0.460. The molecular weight excluding hydrogens is 370 g/mol. The van der Waals surface area contributed by atoms with E-state index in [2.05, 4.69) is 16.0 Å². The molecule has 0 radical (unpaired) electrons. The number of nitrogens with zero attached hydrogens (tertiary/aromatic N) is 2. The maximum absolute atomic E-state index is 12.9. The number of carbonyl (C=O) groups is 1. The summed E-state index contributed by atoms with van der Waals surface area (Å²) in [5.74, 6) is 1.13. The van der Waals surface area contributed by atoms with E-state index < -0.39 is 0 Å². The Hall–Kier alpha value is -2.99. The fraction of sp³-hybridized carbons (Fsp3) is 0.182. The minimum absolute atomic E-state index is 0.0434. The van der Waals surface area contributed by atoms with Crippen LogP contribution in [0.3, 0.4) is 0 Å². The fourth-order valence-electron chi connectivity index (χ4n) is 3.02. The van der Waals surface area contributed by atoms with Gasteiger partial charge < -0.3 is 14.3 Å². The summed E-state index contributed by atoms with van der Waals surface area (Å²) in [5, 5.41) is 0.756. The van der Waals surface area contributed by atoms with E-state index in [1.54, 1.807) is 6.26 Å². The second kappa shape index (κ2) is 8.35. The van der Waals surface area contributed by atoms with Gasteiger partial charge in [0.05, 0.1) is 29.6 Å². The lowest BCUT2D eigenvalue weighted by molar-refractivity contribution is -0.129. The molecule has 0 atom stereocenters. The predicted molar refractivity (Wildman–Crippen MR) is 111 cm³/mol. The highest BCUT2D eigenvalue weighted by Crippen LogP contribution is 2.21. The van der Waals surface area contributed by atoms with Crippen LogP contribution in [0, 0.1) is 6.92 Å². The lowest BCUT2D eigenvalue weighted by Gasteiger charge is -2.21. The van der Waals surface area contributed by atoms with Crippen LogP contribution in [0.5, 0.6) is 0 Å². The zero-order chi connectivity index (χ0) is 19.3. The molecule has 0 saturated carbocycles. The Kier molecular flexibility index (Phi) is 5.48. The van der Waals surface area contributed by atoms with E-state index in [1.807, 2.05) is 66.4 Å². The second-order valence-corrected chi connectivity index (χ2v) is 7.63. The van der Waals surface area contributed by atoms with Gasteiger partial charge in [0.25, 0.3) is 0 Å². The third-order valence-electron chi connectivity index (χ3n) is 4.44. The number of aromatic amines is 1. The van der Waals surface area contributed by atoms with E-state index in [9.17, 15) is 4.79 Å². The van der Waals surface area contributed by atoms with Gasteiger partial charge in [0.15, 0.2) is 5.16 Å². The van der Waals surface area contributed by atoms with Crippen molar-refractivity contribution in [2.24, 2.45) is 0 Å². The molecule has 0 saturated heterocycles. The smallest absolute Gasteiger partial charge is 0.233 e. The largest absolute Gasteiger partial charge is 0.467 e. The first kappa shape index (κ1) is 18.4. The number of carbonyl (C=O) groups excluding carboxylic acids is 1. The summed E-state index contributed by atoms with van der Waals surface area (Å²) in [6, 6.07) is 19.8. The van der Waals surface area contributed by atoms with Crippen molar-refractivity contribution in [2.75, 3.05) is 5.75 Å². The molecule has 2 aromatic heterocycles. The first-order valence-electron chi connectivity index (χ1n) is 9.10. The number of H-pyrrole nitrogens is 1. The number of hydrogen-bond donors (Lipinski definition) is 1. The molecule has 0 aliphatic carbocycles. The summed E-state index contributed by atoms with van der Waals surface area (Å²) < 4.78 is 5.45. The third kappa shape index (κ3) is 4.46. The number of aromatic nitrogens is 2. The topological polar surface area (TPSA) is 62.1 Å². The van der Waals surface area contributed by atoms with Crippen molar-refractivity contribution in [3.8, 4) is 0 Å². The molecule has 5 nitrogen and oxygen atoms in total. The van der Waals surface area contributed by atoms with Crippen LogP contribution in [0.4, 0.5) is 0 Å². The van der Waals surface area contributed by atoms with Gasteiger partial charge in [-0.3, -0.25) is 4.79 Å². The van der Waals surface area contributed by atoms with Crippen LogP contribution in [0.1, 0.15) is 16.9 Å². The first-order chi connectivity index (χ1) is 13.7. The van der Waals surface area contributed by atoms with Gasteiger partial charge in [0.1, 0.15) is 5.76 Å². The zero-order valence-corrected chi connectivity index (χ0v) is 16.4. The summed E-state index contributed by atoms with van der Waals surface area (Å²) in [6.45, 7) is 3.04. The lowest BCUT2D eigenvalue weighted by Crippen LogP contribution is -2.31. The van der Waals surface area contributed by atoms with Crippen LogP contribution < -0.4 is 0 Å². The van der Waals surface area contributed by atoms with Gasteiger partial charge >= 0.3 is 0 Å². The van der Waals surface area contributed by atoms with Gasteiger partial charge in [-0.25, -0.2) is 4.98 Å². The normalized spacial score (nSPS) is 11.0. The number of hydrogen-bond acceptors (Lipinski definition) is 4. The predicted octanol–water partition coefficient (Wildman–Crippen LogP) is 4.79. The molecule has 142 valence electrons. The average molecular weight is 391 g/mol. The van der Waals surface area contributed by atoms with Crippen molar-refractivity contribution in [2.45, 2.75) is 25.2 Å². The van der Waals surface area contributed by atoms with Crippen LogP contribution in [0.25, 0.3) is 11.0 Å². The minimum Gasteiger partial charge on any atom is -0.467 e. The van der Waals surface area contributed by atoms with Gasteiger partial charge in [0.2, 0.25) is 5.91 Å². The van der Waals surface area contributed by atoms with E-state index in [0.29, 0.717) is 18.8 Å². The van der Waals surface area contributed by atoms with E-state index in [1.165, 1.54) is 17.3 Å². The summed E-state index contributed by atoms with van der Waals surface area (Å²) >= 11 is 1.42. The van der Waals surface area contributed by atoms with Crippen LogP contribution >= 0.6 is 11.8 Å². The number of imidazole rings is 1. The molecule has 0 fully saturated rings. The highest BCUT2D eigenvalue weighted by atomic mass is 32.2. The van der Waals surface area contributed by atoms with Crippen molar-refractivity contribution in [1.29, 1.82) is 0 Å². The molecule has 0 bridgehead atoms. The van der Waals surface area contributed by atoms with Gasteiger partial charge in [-0.2, -0.15) is 0 Å². The molecular formula is C22H21N3O2S. The lowest BCUT2D eigenvalue weighted by atomic mass is 10.2. The maximum atomic E-state index is 12.9. The third-order valence-corrected chi connectivity index (χ3v) is 5.30. The van der Waals surface area contributed by atoms with Crippen molar-refractivity contribution in [1.82, 2.24) is 14.9 Å². The van der Waals surface area contributed by atoms with E-state index >= 15 is 0 Å². The Morgan fingerprint density at radius 1 is 1.11 bits per heavy atom. The van der Waals surface area contributed by atoms with E-state index in [0.717, 1.165) is 27.5 Å². The highest BCUT2D eigenvalue weighted by Gasteiger charge is 2.17. The number of thioether (sulfide) groups is 1. The summed E-state index contributed by atoms with van der Waals surface area (Å²) in [6.07, 6.45) is 1.63. The van der Waals surface area contributed by atoms with Gasteiger partial charge in [0, 0.05) is 6.54 Å². The maximum Gasteiger partial charge on any atom is 0.233 e. The van der Waals surface area contributed by atoms with Crippen molar-refractivity contribution in [3.63, 3.8) is 0 Å². The van der Waals surface area contributed by atoms with Crippen LogP contribution in [0.15, 0.2) is 76.5 Å². The zero-order valence-electron chi connectivity index (χ0n) is 15.6. The number of rotatable bonds is 7. The molecule has 1 N–H and O–H groups in total. The molecule has 6 heteroatoms. The number of furan rings is 1. The standard InChI is InChI=1S/C22H21N3O2S/c1-16-9-10-19-20(12-16)24-22(23-19)28-15-21(26)25(14-18-8-5-11-27-18)13-17-6-3-2-4-7-17/h2-12H,13-15H2,1H3,(H,23,24). The molecule has 0 spiro atoms. The Balaban J connectivity index is 1.46. The summed E-state index contributed by atoms with van der Waals surface area (Å²) in [7, 11) is 0.